The summed E-state index contributed by atoms with van der Waals surface area (Å²) in [5.41, 5.74) is 0.311. The van der Waals surface area contributed by atoms with Gasteiger partial charge in [-0.2, -0.15) is 0 Å². The van der Waals surface area contributed by atoms with E-state index in [1.807, 2.05) is 17.5 Å². The van der Waals surface area contributed by atoms with Gasteiger partial charge in [-0.25, -0.2) is 8.78 Å². The number of amides is 1. The quantitative estimate of drug-likeness (QED) is 0.854. The van der Waals surface area contributed by atoms with E-state index in [-0.39, 0.29) is 18.2 Å². The van der Waals surface area contributed by atoms with Gasteiger partial charge < -0.3 is 10.3 Å². The van der Waals surface area contributed by atoms with Crippen LogP contribution in [0.1, 0.15) is 23.2 Å². The molecule has 3 heterocycles. The average molecular weight is 367 g/mol. The Labute approximate surface area is 147 Å². The maximum atomic E-state index is 12.4. The van der Waals surface area contributed by atoms with Crippen molar-refractivity contribution in [3.05, 3.63) is 45.6 Å². The first kappa shape index (κ1) is 17.8. The summed E-state index contributed by atoms with van der Waals surface area (Å²) in [7, 11) is 0. The summed E-state index contributed by atoms with van der Waals surface area (Å²) in [6, 6.07) is 6.92. The number of halogens is 2. The summed E-state index contributed by atoms with van der Waals surface area (Å²) in [4.78, 5) is 29.9. The number of aromatic amines is 1. The molecule has 0 bridgehead atoms. The van der Waals surface area contributed by atoms with Crippen LogP contribution in [0, 0.1) is 0 Å². The summed E-state index contributed by atoms with van der Waals surface area (Å²) in [6.45, 7) is 0.802. The number of pyridine rings is 1. The third-order valence-electron chi connectivity index (χ3n) is 4.26. The number of likely N-dealkylation sites (tertiary alicyclic amines) is 1. The van der Waals surface area contributed by atoms with Gasteiger partial charge >= 0.3 is 0 Å². The number of rotatable bonds is 5. The van der Waals surface area contributed by atoms with Crippen LogP contribution < -0.4 is 10.9 Å². The average Bonchev–Trinajstić information content (AvgIpc) is 3.10. The van der Waals surface area contributed by atoms with E-state index in [2.05, 4.69) is 10.3 Å². The van der Waals surface area contributed by atoms with Crippen LogP contribution in [0.15, 0.2) is 34.4 Å². The predicted octanol–water partition coefficient (Wildman–Crippen LogP) is 2.56. The van der Waals surface area contributed by atoms with Crippen molar-refractivity contribution in [3.63, 3.8) is 0 Å². The standard InChI is InChI=1S/C17H19F2N3O2S/c18-15(19)10-22-7-5-11(6-8-22)20-16(23)12-3-4-13(21-17(12)24)14-2-1-9-25-14/h1-4,9,11,15H,5-8,10H2,(H,20,23)(H,21,24). The van der Waals surface area contributed by atoms with Crippen molar-refractivity contribution in [1.29, 1.82) is 0 Å². The number of H-pyrrole nitrogens is 1. The van der Waals surface area contributed by atoms with E-state index >= 15 is 0 Å². The minimum atomic E-state index is -2.34. The first-order valence-electron chi connectivity index (χ1n) is 8.11. The van der Waals surface area contributed by atoms with Gasteiger partial charge in [0.25, 0.3) is 17.9 Å². The molecule has 0 radical (unpaired) electrons. The Morgan fingerprint density at radius 2 is 2.08 bits per heavy atom. The van der Waals surface area contributed by atoms with Gasteiger partial charge in [-0.1, -0.05) is 6.07 Å². The lowest BCUT2D eigenvalue weighted by atomic mass is 10.0. The maximum Gasteiger partial charge on any atom is 0.261 e. The highest BCUT2D eigenvalue weighted by Crippen LogP contribution is 2.21. The number of carbonyl (C=O) groups is 1. The molecular weight excluding hydrogens is 348 g/mol. The van der Waals surface area contributed by atoms with Crippen molar-refractivity contribution < 1.29 is 13.6 Å². The van der Waals surface area contributed by atoms with Gasteiger partial charge in [0.15, 0.2) is 0 Å². The molecule has 2 aromatic heterocycles. The highest BCUT2D eigenvalue weighted by molar-refractivity contribution is 7.13. The number of thiophene rings is 1. The zero-order chi connectivity index (χ0) is 17.8. The Bertz CT molecular complexity index is 768. The molecule has 0 aliphatic carbocycles. The number of piperidine rings is 1. The van der Waals surface area contributed by atoms with E-state index in [1.54, 1.807) is 11.0 Å². The molecule has 3 rings (SSSR count). The van der Waals surface area contributed by atoms with Gasteiger partial charge in [0.1, 0.15) is 5.56 Å². The number of nitrogens with zero attached hydrogens (tertiary/aromatic N) is 1. The SMILES string of the molecule is O=C(NC1CCN(CC(F)F)CC1)c1ccc(-c2cccs2)[nH]c1=O. The number of aromatic nitrogens is 1. The summed E-state index contributed by atoms with van der Waals surface area (Å²) >= 11 is 1.50. The molecule has 5 nitrogen and oxygen atoms in total. The van der Waals surface area contributed by atoms with Gasteiger partial charge in [-0.05, 0) is 36.4 Å². The second-order valence-corrected chi connectivity index (χ2v) is 6.98. The fourth-order valence-corrected chi connectivity index (χ4v) is 3.65. The van der Waals surface area contributed by atoms with Crippen LogP contribution in [-0.4, -0.2) is 47.9 Å². The van der Waals surface area contributed by atoms with E-state index in [0.717, 1.165) is 4.88 Å². The number of hydrogen-bond donors (Lipinski definition) is 2. The lowest BCUT2D eigenvalue weighted by molar-refractivity contribution is 0.0696. The second kappa shape index (κ2) is 7.88. The molecule has 1 aliphatic heterocycles. The van der Waals surface area contributed by atoms with Crippen LogP contribution in [0.25, 0.3) is 10.6 Å². The zero-order valence-electron chi connectivity index (χ0n) is 13.5. The molecule has 1 aliphatic rings. The monoisotopic (exact) mass is 367 g/mol. The lowest BCUT2D eigenvalue weighted by Crippen LogP contribution is -2.46. The Morgan fingerprint density at radius 3 is 2.68 bits per heavy atom. The number of nitrogens with one attached hydrogen (secondary N) is 2. The maximum absolute atomic E-state index is 12.4. The van der Waals surface area contributed by atoms with Crippen molar-refractivity contribution in [2.45, 2.75) is 25.3 Å². The van der Waals surface area contributed by atoms with Crippen molar-refractivity contribution in [3.8, 4) is 10.6 Å². The summed E-state index contributed by atoms with van der Waals surface area (Å²) in [5.74, 6) is -0.425. The Balaban J connectivity index is 1.60. The first-order chi connectivity index (χ1) is 12.0. The summed E-state index contributed by atoms with van der Waals surface area (Å²) in [5, 5.41) is 4.74. The predicted molar refractivity (Wildman–Crippen MR) is 93.3 cm³/mol. The fraction of sp³-hybridized carbons (Fsp3) is 0.412. The van der Waals surface area contributed by atoms with Crippen LogP contribution >= 0.6 is 11.3 Å². The van der Waals surface area contributed by atoms with E-state index in [9.17, 15) is 18.4 Å². The van der Waals surface area contributed by atoms with Crippen molar-refractivity contribution >= 4 is 17.2 Å². The minimum absolute atomic E-state index is 0.0651. The topological polar surface area (TPSA) is 65.2 Å². The molecule has 0 spiro atoms. The zero-order valence-corrected chi connectivity index (χ0v) is 14.3. The largest absolute Gasteiger partial charge is 0.349 e. The third kappa shape index (κ3) is 4.52. The molecule has 2 N–H and O–H groups in total. The van der Waals surface area contributed by atoms with Crippen LogP contribution in [0.2, 0.25) is 0 Å². The lowest BCUT2D eigenvalue weighted by Gasteiger charge is -2.31. The molecule has 134 valence electrons. The van der Waals surface area contributed by atoms with E-state index in [4.69, 9.17) is 0 Å². The van der Waals surface area contributed by atoms with Gasteiger partial charge in [0.2, 0.25) is 0 Å². The Hall–Kier alpha value is -2.06. The summed E-state index contributed by atoms with van der Waals surface area (Å²) in [6.07, 6.45) is -1.14. The molecular formula is C17H19F2N3O2S. The van der Waals surface area contributed by atoms with E-state index in [0.29, 0.717) is 31.6 Å². The van der Waals surface area contributed by atoms with Crippen LogP contribution in [0.3, 0.4) is 0 Å². The first-order valence-corrected chi connectivity index (χ1v) is 8.99. The molecule has 0 saturated carbocycles. The fourth-order valence-electron chi connectivity index (χ4n) is 2.95. The van der Waals surface area contributed by atoms with Gasteiger partial charge in [-0.3, -0.25) is 14.5 Å². The molecule has 2 aromatic rings. The van der Waals surface area contributed by atoms with E-state index in [1.165, 1.54) is 17.4 Å². The highest BCUT2D eigenvalue weighted by atomic mass is 32.1. The number of alkyl halides is 2. The van der Waals surface area contributed by atoms with Crippen molar-refractivity contribution in [2.24, 2.45) is 0 Å². The van der Waals surface area contributed by atoms with Crippen molar-refractivity contribution in [1.82, 2.24) is 15.2 Å². The normalized spacial score (nSPS) is 16.3. The number of carbonyl (C=O) groups excluding carboxylic acids is 1. The van der Waals surface area contributed by atoms with E-state index < -0.39 is 17.9 Å². The molecule has 0 aromatic carbocycles. The van der Waals surface area contributed by atoms with Crippen molar-refractivity contribution in [2.75, 3.05) is 19.6 Å². The minimum Gasteiger partial charge on any atom is -0.349 e. The van der Waals surface area contributed by atoms with Crippen LogP contribution in [0.5, 0.6) is 0 Å². The third-order valence-corrected chi connectivity index (χ3v) is 5.16. The molecule has 0 unspecified atom stereocenters. The molecule has 25 heavy (non-hydrogen) atoms. The second-order valence-electron chi connectivity index (χ2n) is 6.03. The Kier molecular flexibility index (Phi) is 5.60. The molecule has 8 heteroatoms. The van der Waals surface area contributed by atoms with Gasteiger partial charge in [0, 0.05) is 19.1 Å². The molecule has 1 amide bonds. The van der Waals surface area contributed by atoms with Gasteiger partial charge in [0.05, 0.1) is 17.1 Å². The molecule has 1 saturated heterocycles. The summed E-state index contributed by atoms with van der Waals surface area (Å²) < 4.78 is 24.8. The van der Waals surface area contributed by atoms with Gasteiger partial charge in [-0.15, -0.1) is 11.3 Å². The van der Waals surface area contributed by atoms with Crippen LogP contribution in [0.4, 0.5) is 8.78 Å². The molecule has 1 fully saturated rings. The Morgan fingerprint density at radius 1 is 1.32 bits per heavy atom. The molecule has 0 atom stereocenters. The number of hydrogen-bond acceptors (Lipinski definition) is 4. The highest BCUT2D eigenvalue weighted by Gasteiger charge is 2.23. The van der Waals surface area contributed by atoms with Crippen LogP contribution in [-0.2, 0) is 0 Å². The smallest absolute Gasteiger partial charge is 0.261 e.